The molecule has 72 valence electrons. The Hall–Kier alpha value is -1.77. The molecular weight excluding hydrogens is 174 g/mol. The Bertz CT molecular complexity index is 403. The summed E-state index contributed by atoms with van der Waals surface area (Å²) >= 11 is 0. The molecule has 14 heavy (non-hydrogen) atoms. The van der Waals surface area contributed by atoms with Crippen molar-refractivity contribution >= 4 is 5.69 Å². The van der Waals surface area contributed by atoms with Crippen molar-refractivity contribution < 1.29 is 0 Å². The van der Waals surface area contributed by atoms with E-state index in [-0.39, 0.29) is 0 Å². The summed E-state index contributed by atoms with van der Waals surface area (Å²) in [6.45, 7) is 0. The number of rotatable bonds is 2. The van der Waals surface area contributed by atoms with Crippen LogP contribution < -0.4 is 4.90 Å². The van der Waals surface area contributed by atoms with Gasteiger partial charge in [0.1, 0.15) is 0 Å². The van der Waals surface area contributed by atoms with Crippen molar-refractivity contribution in [3.8, 4) is 11.3 Å². The van der Waals surface area contributed by atoms with Gasteiger partial charge >= 0.3 is 0 Å². The maximum Gasteiger partial charge on any atom is 0.0883 e. The summed E-state index contributed by atoms with van der Waals surface area (Å²) in [7, 11) is 4.02. The molecule has 2 rings (SSSR count). The quantitative estimate of drug-likeness (QED) is 0.781. The van der Waals surface area contributed by atoms with E-state index in [0.29, 0.717) is 0 Å². The fraction of sp³-hybridized carbons (Fsp3) is 0.182. The zero-order valence-electron chi connectivity index (χ0n) is 8.36. The molecule has 2 aromatic rings. The summed E-state index contributed by atoms with van der Waals surface area (Å²) < 4.78 is 0. The Kier molecular flexibility index (Phi) is 2.23. The highest BCUT2D eigenvalue weighted by Gasteiger charge is 2.07. The van der Waals surface area contributed by atoms with Crippen molar-refractivity contribution in [1.82, 2.24) is 10.2 Å². The molecule has 0 aliphatic rings. The second-order valence-corrected chi connectivity index (χ2v) is 3.39. The maximum absolute atomic E-state index is 4.05. The van der Waals surface area contributed by atoms with Gasteiger partial charge in [0.25, 0.3) is 0 Å². The Labute approximate surface area is 83.4 Å². The van der Waals surface area contributed by atoms with Crippen molar-refractivity contribution in [3.05, 3.63) is 36.5 Å². The van der Waals surface area contributed by atoms with Crippen molar-refractivity contribution in [2.24, 2.45) is 0 Å². The highest BCUT2D eigenvalue weighted by molar-refractivity contribution is 5.73. The van der Waals surface area contributed by atoms with E-state index >= 15 is 0 Å². The van der Waals surface area contributed by atoms with Gasteiger partial charge in [0.2, 0.25) is 0 Å². The first kappa shape index (κ1) is 8.81. The first-order chi connectivity index (χ1) is 6.79. The second kappa shape index (κ2) is 3.54. The van der Waals surface area contributed by atoms with E-state index in [1.807, 2.05) is 43.4 Å². The number of aromatic amines is 1. The van der Waals surface area contributed by atoms with Crippen LogP contribution in [-0.2, 0) is 0 Å². The minimum Gasteiger partial charge on any atom is -0.375 e. The van der Waals surface area contributed by atoms with E-state index in [0.717, 1.165) is 16.9 Å². The van der Waals surface area contributed by atoms with Crippen LogP contribution in [0.5, 0.6) is 0 Å². The zero-order chi connectivity index (χ0) is 9.97. The van der Waals surface area contributed by atoms with Gasteiger partial charge in [-0.25, -0.2) is 0 Å². The van der Waals surface area contributed by atoms with Crippen LogP contribution in [0.4, 0.5) is 5.69 Å². The number of nitrogens with one attached hydrogen (secondary N) is 1. The molecule has 0 aliphatic heterocycles. The number of aromatic nitrogens is 2. The van der Waals surface area contributed by atoms with Crippen LogP contribution in [0.25, 0.3) is 11.3 Å². The predicted molar refractivity (Wildman–Crippen MR) is 58.4 cm³/mol. The normalized spacial score (nSPS) is 10.1. The van der Waals surface area contributed by atoms with Crippen LogP contribution in [0.1, 0.15) is 0 Å². The third-order valence-electron chi connectivity index (χ3n) is 2.16. The van der Waals surface area contributed by atoms with Gasteiger partial charge in [0.05, 0.1) is 17.6 Å². The summed E-state index contributed by atoms with van der Waals surface area (Å²) in [4.78, 5) is 2.05. The van der Waals surface area contributed by atoms with E-state index in [1.54, 1.807) is 0 Å². The summed E-state index contributed by atoms with van der Waals surface area (Å²) in [5.41, 5.74) is 3.33. The van der Waals surface area contributed by atoms with Crippen molar-refractivity contribution in [3.63, 3.8) is 0 Å². The average Bonchev–Trinajstić information content (AvgIpc) is 2.67. The van der Waals surface area contributed by atoms with Crippen LogP contribution in [0, 0.1) is 0 Å². The number of nitrogens with zero attached hydrogens (tertiary/aromatic N) is 2. The highest BCUT2D eigenvalue weighted by atomic mass is 15.2. The molecule has 0 saturated carbocycles. The lowest BCUT2D eigenvalue weighted by atomic mass is 10.1. The molecule has 0 saturated heterocycles. The van der Waals surface area contributed by atoms with Crippen LogP contribution in [0.2, 0.25) is 0 Å². The number of benzene rings is 1. The van der Waals surface area contributed by atoms with Crippen molar-refractivity contribution in [2.45, 2.75) is 0 Å². The monoisotopic (exact) mass is 187 g/mol. The minimum atomic E-state index is 1.07. The lowest BCUT2D eigenvalue weighted by molar-refractivity contribution is 1.10. The molecule has 0 fully saturated rings. The number of hydrogen-bond acceptors (Lipinski definition) is 2. The van der Waals surface area contributed by atoms with Gasteiger partial charge in [-0.05, 0) is 0 Å². The first-order valence-corrected chi connectivity index (χ1v) is 4.55. The molecule has 1 heterocycles. The van der Waals surface area contributed by atoms with Gasteiger partial charge in [-0.3, -0.25) is 5.10 Å². The SMILES string of the molecule is CN(C)c1cn[nH]c1-c1ccccc1. The largest absolute Gasteiger partial charge is 0.375 e. The zero-order valence-corrected chi connectivity index (χ0v) is 8.36. The number of hydrogen-bond donors (Lipinski definition) is 1. The minimum absolute atomic E-state index is 1.07. The Balaban J connectivity index is 2.47. The Morgan fingerprint density at radius 1 is 1.14 bits per heavy atom. The van der Waals surface area contributed by atoms with E-state index in [1.165, 1.54) is 0 Å². The molecule has 1 aromatic heterocycles. The molecule has 0 bridgehead atoms. The Morgan fingerprint density at radius 2 is 1.86 bits per heavy atom. The third-order valence-corrected chi connectivity index (χ3v) is 2.16. The molecule has 0 spiro atoms. The van der Waals surface area contributed by atoms with Gasteiger partial charge in [0.15, 0.2) is 0 Å². The molecular formula is C11H13N3. The summed E-state index contributed by atoms with van der Waals surface area (Å²) in [6, 6.07) is 10.2. The number of anilines is 1. The smallest absolute Gasteiger partial charge is 0.0883 e. The maximum atomic E-state index is 4.05. The highest BCUT2D eigenvalue weighted by Crippen LogP contribution is 2.26. The average molecular weight is 187 g/mol. The third kappa shape index (κ3) is 1.48. The summed E-state index contributed by atoms with van der Waals surface area (Å²) in [6.07, 6.45) is 1.84. The van der Waals surface area contributed by atoms with Gasteiger partial charge in [-0.15, -0.1) is 0 Å². The summed E-state index contributed by atoms with van der Waals surface area (Å²) in [5.74, 6) is 0. The lowest BCUT2D eigenvalue weighted by Gasteiger charge is -2.11. The molecule has 3 heteroatoms. The molecule has 1 N–H and O–H groups in total. The van der Waals surface area contributed by atoms with Crippen LogP contribution in [-0.4, -0.2) is 24.3 Å². The first-order valence-electron chi connectivity index (χ1n) is 4.55. The fourth-order valence-corrected chi connectivity index (χ4v) is 1.44. The van der Waals surface area contributed by atoms with E-state index < -0.39 is 0 Å². The van der Waals surface area contributed by atoms with E-state index in [2.05, 4.69) is 22.3 Å². The van der Waals surface area contributed by atoms with Crippen molar-refractivity contribution in [1.29, 1.82) is 0 Å². The molecule has 0 atom stereocenters. The van der Waals surface area contributed by atoms with E-state index in [4.69, 9.17) is 0 Å². The summed E-state index contributed by atoms with van der Waals surface area (Å²) in [5, 5.41) is 7.06. The predicted octanol–water partition coefficient (Wildman–Crippen LogP) is 2.14. The van der Waals surface area contributed by atoms with Crippen molar-refractivity contribution in [2.75, 3.05) is 19.0 Å². The molecule has 0 unspecified atom stereocenters. The fourth-order valence-electron chi connectivity index (χ4n) is 1.44. The molecule has 3 nitrogen and oxygen atoms in total. The molecule has 1 aromatic carbocycles. The molecule has 0 radical (unpaired) electrons. The molecule has 0 aliphatic carbocycles. The van der Waals surface area contributed by atoms with Gasteiger partial charge in [-0.1, -0.05) is 30.3 Å². The van der Waals surface area contributed by atoms with E-state index in [9.17, 15) is 0 Å². The lowest BCUT2D eigenvalue weighted by Crippen LogP contribution is -2.08. The van der Waals surface area contributed by atoms with Crippen LogP contribution >= 0.6 is 0 Å². The standard InChI is InChI=1S/C11H13N3/c1-14(2)10-8-12-13-11(10)9-6-4-3-5-7-9/h3-8H,1-2H3,(H,12,13). The Morgan fingerprint density at radius 3 is 2.50 bits per heavy atom. The molecule has 0 amide bonds. The van der Waals surface area contributed by atoms with Crippen LogP contribution in [0.15, 0.2) is 36.5 Å². The second-order valence-electron chi connectivity index (χ2n) is 3.39. The topological polar surface area (TPSA) is 31.9 Å². The van der Waals surface area contributed by atoms with Gasteiger partial charge in [-0.2, -0.15) is 5.10 Å². The van der Waals surface area contributed by atoms with Crippen LogP contribution in [0.3, 0.4) is 0 Å². The van der Waals surface area contributed by atoms with Gasteiger partial charge in [0, 0.05) is 19.7 Å². The van der Waals surface area contributed by atoms with Gasteiger partial charge < -0.3 is 4.90 Å². The number of H-pyrrole nitrogens is 1.